The number of hydrogen-bond donors (Lipinski definition) is 3. The van der Waals surface area contributed by atoms with E-state index in [1.54, 1.807) is 0 Å². The Morgan fingerprint density at radius 1 is 1.17 bits per heavy atom. The summed E-state index contributed by atoms with van der Waals surface area (Å²) < 4.78 is 28.8. The summed E-state index contributed by atoms with van der Waals surface area (Å²) >= 11 is 0. The smallest absolute Gasteiger partial charge is 0.277 e. The average Bonchev–Trinajstić information content (AvgIpc) is 3.04. The lowest BCUT2D eigenvalue weighted by Crippen LogP contribution is -2.42. The minimum Gasteiger partial charge on any atom is -0.391 e. The molecule has 3 rings (SSSR count). The van der Waals surface area contributed by atoms with Crippen LogP contribution >= 0.6 is 0 Å². The van der Waals surface area contributed by atoms with Gasteiger partial charge >= 0.3 is 0 Å². The van der Waals surface area contributed by atoms with Crippen LogP contribution in [0.2, 0.25) is 0 Å². The number of nitrogens with one attached hydrogen (secondary N) is 2. The van der Waals surface area contributed by atoms with Crippen LogP contribution in [0.25, 0.3) is 0 Å². The van der Waals surface area contributed by atoms with Gasteiger partial charge in [0.25, 0.3) is 10.2 Å². The second-order valence-electron chi connectivity index (χ2n) is 4.96. The lowest BCUT2D eigenvalue weighted by atomic mass is 10.1. The van der Waals surface area contributed by atoms with E-state index in [-0.39, 0.29) is 6.04 Å². The Morgan fingerprint density at radius 3 is 2.61 bits per heavy atom. The Bertz CT molecular complexity index is 554. The molecule has 0 radical (unpaired) electrons. The van der Waals surface area contributed by atoms with Gasteiger partial charge in [-0.2, -0.15) is 17.9 Å². The van der Waals surface area contributed by atoms with Crippen molar-refractivity contribution in [2.24, 2.45) is 0 Å². The Morgan fingerprint density at radius 2 is 1.89 bits per heavy atom. The normalized spacial score (nSPS) is 27.2. The van der Waals surface area contributed by atoms with E-state index < -0.39 is 22.4 Å². The van der Waals surface area contributed by atoms with E-state index >= 15 is 0 Å². The van der Waals surface area contributed by atoms with Crippen LogP contribution in [0.3, 0.4) is 0 Å². The zero-order valence-electron chi connectivity index (χ0n) is 9.83. The Kier molecular flexibility index (Phi) is 2.90. The highest BCUT2D eigenvalue weighted by molar-refractivity contribution is 7.87. The highest BCUT2D eigenvalue weighted by atomic mass is 32.2. The van der Waals surface area contributed by atoms with Gasteiger partial charge in [0.15, 0.2) is 0 Å². The first-order valence-electron chi connectivity index (χ1n) is 6.10. The zero-order chi connectivity index (χ0) is 12.8. The maximum atomic E-state index is 11.9. The second-order valence-corrected chi connectivity index (χ2v) is 6.44. The van der Waals surface area contributed by atoms with Gasteiger partial charge in [-0.1, -0.05) is 24.3 Å². The SMILES string of the molecule is O=S(=O)(NC1CC1)N[C@H]1c2ccccc2C[C@H]1O. The van der Waals surface area contributed by atoms with Crippen molar-refractivity contribution in [2.45, 2.75) is 37.5 Å². The molecule has 0 saturated heterocycles. The van der Waals surface area contributed by atoms with E-state index in [0.29, 0.717) is 6.42 Å². The van der Waals surface area contributed by atoms with E-state index in [4.69, 9.17) is 0 Å². The van der Waals surface area contributed by atoms with Gasteiger partial charge in [0.1, 0.15) is 0 Å². The van der Waals surface area contributed by atoms with Crippen LogP contribution < -0.4 is 9.44 Å². The Hall–Kier alpha value is -0.950. The van der Waals surface area contributed by atoms with E-state index in [1.165, 1.54) is 0 Å². The highest BCUT2D eigenvalue weighted by Gasteiger charge is 2.35. The summed E-state index contributed by atoms with van der Waals surface area (Å²) in [6, 6.07) is 7.04. The van der Waals surface area contributed by atoms with Gasteiger partial charge in [-0.05, 0) is 24.0 Å². The van der Waals surface area contributed by atoms with Gasteiger partial charge in [0.05, 0.1) is 12.1 Å². The molecule has 2 atom stereocenters. The molecule has 6 heteroatoms. The molecule has 0 amide bonds. The average molecular weight is 268 g/mol. The number of rotatable bonds is 4. The number of benzene rings is 1. The molecule has 0 spiro atoms. The summed E-state index contributed by atoms with van der Waals surface area (Å²) in [6.07, 6.45) is 1.58. The monoisotopic (exact) mass is 268 g/mol. The molecule has 3 N–H and O–H groups in total. The van der Waals surface area contributed by atoms with Crippen molar-refractivity contribution in [1.29, 1.82) is 0 Å². The van der Waals surface area contributed by atoms with E-state index in [0.717, 1.165) is 24.0 Å². The summed E-state index contributed by atoms with van der Waals surface area (Å²) in [6.45, 7) is 0. The van der Waals surface area contributed by atoms with Crippen molar-refractivity contribution in [1.82, 2.24) is 9.44 Å². The molecule has 0 aromatic heterocycles. The first-order chi connectivity index (χ1) is 8.55. The highest BCUT2D eigenvalue weighted by Crippen LogP contribution is 2.31. The Balaban J connectivity index is 1.80. The summed E-state index contributed by atoms with van der Waals surface area (Å²) in [5.74, 6) is 0. The lowest BCUT2D eigenvalue weighted by molar-refractivity contribution is 0.151. The van der Waals surface area contributed by atoms with Crippen LogP contribution in [0.15, 0.2) is 24.3 Å². The fourth-order valence-corrected chi connectivity index (χ4v) is 3.70. The summed E-state index contributed by atoms with van der Waals surface area (Å²) in [5, 5.41) is 9.97. The molecule has 2 aliphatic carbocycles. The maximum Gasteiger partial charge on any atom is 0.277 e. The predicted octanol–water partition coefficient (Wildman–Crippen LogP) is 0.231. The van der Waals surface area contributed by atoms with Gasteiger partial charge in [-0.3, -0.25) is 0 Å². The minimum absolute atomic E-state index is 0.0660. The van der Waals surface area contributed by atoms with Crippen LogP contribution in [0.5, 0.6) is 0 Å². The molecule has 5 nitrogen and oxygen atoms in total. The fourth-order valence-electron chi connectivity index (χ4n) is 2.34. The van der Waals surface area contributed by atoms with Crippen LogP contribution in [-0.4, -0.2) is 25.7 Å². The zero-order valence-corrected chi connectivity index (χ0v) is 10.7. The third-order valence-electron chi connectivity index (χ3n) is 3.39. The lowest BCUT2D eigenvalue weighted by Gasteiger charge is -2.18. The summed E-state index contributed by atoms with van der Waals surface area (Å²) in [5.41, 5.74) is 1.87. The Labute approximate surface area is 106 Å². The molecule has 2 aliphatic rings. The number of fused-ring (bicyclic) bond motifs is 1. The molecule has 1 aromatic rings. The molecule has 18 heavy (non-hydrogen) atoms. The molecule has 1 fully saturated rings. The number of hydrogen-bond acceptors (Lipinski definition) is 3. The van der Waals surface area contributed by atoms with Crippen molar-refractivity contribution in [3.63, 3.8) is 0 Å². The van der Waals surface area contributed by atoms with Gasteiger partial charge in [-0.15, -0.1) is 0 Å². The van der Waals surface area contributed by atoms with Crippen molar-refractivity contribution in [3.05, 3.63) is 35.4 Å². The third kappa shape index (κ3) is 2.42. The molecule has 0 heterocycles. The van der Waals surface area contributed by atoms with Crippen LogP contribution in [0, 0.1) is 0 Å². The second kappa shape index (κ2) is 4.31. The number of aliphatic hydroxyl groups is 1. The van der Waals surface area contributed by atoms with Gasteiger partial charge in [0, 0.05) is 12.5 Å². The number of aliphatic hydroxyl groups excluding tert-OH is 1. The van der Waals surface area contributed by atoms with Crippen LogP contribution in [-0.2, 0) is 16.6 Å². The topological polar surface area (TPSA) is 78.4 Å². The standard InChI is InChI=1S/C12H16N2O3S/c15-11-7-8-3-1-2-4-10(8)12(11)14-18(16,17)13-9-5-6-9/h1-4,9,11-15H,5-7H2/t11-,12+/m1/s1. The molecular weight excluding hydrogens is 252 g/mol. The first kappa shape index (κ1) is 12.1. The van der Waals surface area contributed by atoms with E-state index in [1.807, 2.05) is 24.3 Å². The van der Waals surface area contributed by atoms with Gasteiger partial charge < -0.3 is 5.11 Å². The first-order valence-corrected chi connectivity index (χ1v) is 7.59. The maximum absolute atomic E-state index is 11.9. The van der Waals surface area contributed by atoms with Crippen molar-refractivity contribution >= 4 is 10.2 Å². The largest absolute Gasteiger partial charge is 0.391 e. The van der Waals surface area contributed by atoms with E-state index in [2.05, 4.69) is 9.44 Å². The quantitative estimate of drug-likeness (QED) is 0.731. The molecule has 1 saturated carbocycles. The molecule has 0 unspecified atom stereocenters. The van der Waals surface area contributed by atoms with Crippen molar-refractivity contribution < 1.29 is 13.5 Å². The van der Waals surface area contributed by atoms with Gasteiger partial charge in [-0.25, -0.2) is 0 Å². The van der Waals surface area contributed by atoms with E-state index in [9.17, 15) is 13.5 Å². The van der Waals surface area contributed by atoms with Crippen LogP contribution in [0.1, 0.15) is 30.0 Å². The molecule has 1 aromatic carbocycles. The predicted molar refractivity (Wildman–Crippen MR) is 67.1 cm³/mol. The third-order valence-corrected chi connectivity index (χ3v) is 4.59. The summed E-state index contributed by atoms with van der Waals surface area (Å²) in [4.78, 5) is 0. The van der Waals surface area contributed by atoms with Crippen molar-refractivity contribution in [3.8, 4) is 0 Å². The van der Waals surface area contributed by atoms with Gasteiger partial charge in [0.2, 0.25) is 0 Å². The van der Waals surface area contributed by atoms with Crippen molar-refractivity contribution in [2.75, 3.05) is 0 Å². The molecule has 0 bridgehead atoms. The molecule has 98 valence electrons. The molecular formula is C12H16N2O3S. The van der Waals surface area contributed by atoms with Crippen LogP contribution in [0.4, 0.5) is 0 Å². The molecule has 0 aliphatic heterocycles. The summed E-state index contributed by atoms with van der Waals surface area (Å²) in [7, 11) is -3.54. The minimum atomic E-state index is -3.54. The fraction of sp³-hybridized carbons (Fsp3) is 0.500.